The Morgan fingerprint density at radius 1 is 1.06 bits per heavy atom. The van der Waals surface area contributed by atoms with Crippen molar-refractivity contribution < 1.29 is 18.8 Å². The summed E-state index contributed by atoms with van der Waals surface area (Å²) in [6.07, 6.45) is -0.106. The van der Waals surface area contributed by atoms with Crippen LogP contribution in [-0.4, -0.2) is 29.3 Å². The van der Waals surface area contributed by atoms with E-state index in [-0.39, 0.29) is 12.3 Å². The predicted octanol–water partition coefficient (Wildman–Crippen LogP) is 5.75. The number of nitrogens with one attached hydrogen (secondary N) is 1. The molecule has 2 amide bonds. The Kier molecular flexibility index (Phi) is 5.90. The molecule has 0 saturated carbocycles. The molecule has 1 N–H and O–H groups in total. The molecule has 0 aliphatic carbocycles. The molecule has 1 saturated heterocycles. The van der Waals surface area contributed by atoms with E-state index in [2.05, 4.69) is 5.32 Å². The molecule has 0 unspecified atom stereocenters. The molecule has 3 aromatic carbocycles. The van der Waals surface area contributed by atoms with Crippen LogP contribution in [0.5, 0.6) is 0 Å². The van der Waals surface area contributed by atoms with Gasteiger partial charge in [-0.1, -0.05) is 65.7 Å². The quantitative estimate of drug-likeness (QED) is 0.454. The molecule has 5 nitrogen and oxygen atoms in total. The molecule has 3 atom stereocenters. The monoisotopic (exact) mass is 510 g/mol. The first-order valence-corrected chi connectivity index (χ1v) is 11.9. The van der Waals surface area contributed by atoms with Crippen molar-refractivity contribution >= 4 is 46.7 Å². The highest BCUT2D eigenvalue weighted by molar-refractivity contribution is 6.31. The van der Waals surface area contributed by atoms with E-state index >= 15 is 0 Å². The van der Waals surface area contributed by atoms with E-state index in [9.17, 15) is 18.8 Å². The maximum absolute atomic E-state index is 14.1. The van der Waals surface area contributed by atoms with Crippen molar-refractivity contribution in [2.45, 2.75) is 30.7 Å². The third-order valence-electron chi connectivity index (χ3n) is 7.07. The van der Waals surface area contributed by atoms with Crippen molar-refractivity contribution in [3.05, 3.63) is 99.0 Å². The summed E-state index contributed by atoms with van der Waals surface area (Å²) in [5, 5.41) is 3.85. The average Bonchev–Trinajstić information content (AvgIpc) is 3.08. The smallest absolute Gasteiger partial charge is 0.320 e. The van der Waals surface area contributed by atoms with Gasteiger partial charge < -0.3 is 10.2 Å². The van der Waals surface area contributed by atoms with Gasteiger partial charge in [0.25, 0.3) is 0 Å². The molecule has 3 aromatic rings. The molecule has 2 aliphatic rings. The van der Waals surface area contributed by atoms with Crippen LogP contribution in [0.3, 0.4) is 0 Å². The van der Waals surface area contributed by atoms with Gasteiger partial charge in [0.05, 0.1) is 6.04 Å². The fourth-order valence-corrected chi connectivity index (χ4v) is 6.07. The SMILES string of the molecule is Cc1ccccc1[C@H]1N(CC(=O)F)C(=O)C[C@@H](c2cccc(Cl)c2)[C@]12C(=O)Nc1cc(Cl)ccc12. The van der Waals surface area contributed by atoms with E-state index in [4.69, 9.17) is 23.2 Å². The minimum absolute atomic E-state index is 0.106. The first kappa shape index (κ1) is 23.5. The maximum atomic E-state index is 14.1. The lowest BCUT2D eigenvalue weighted by Crippen LogP contribution is -2.59. The first-order valence-electron chi connectivity index (χ1n) is 11.1. The second-order valence-corrected chi connectivity index (χ2v) is 9.83. The van der Waals surface area contributed by atoms with Gasteiger partial charge in [0.2, 0.25) is 11.8 Å². The van der Waals surface area contributed by atoms with Crippen LogP contribution >= 0.6 is 23.2 Å². The normalized spacial score (nSPS) is 23.4. The van der Waals surface area contributed by atoms with Crippen molar-refractivity contribution in [2.75, 3.05) is 11.9 Å². The molecule has 0 aromatic heterocycles. The van der Waals surface area contributed by atoms with Crippen LogP contribution in [0.15, 0.2) is 66.7 Å². The van der Waals surface area contributed by atoms with Gasteiger partial charge in [-0.3, -0.25) is 14.4 Å². The van der Waals surface area contributed by atoms with Crippen molar-refractivity contribution in [1.29, 1.82) is 0 Å². The van der Waals surface area contributed by atoms with Crippen molar-refractivity contribution in [2.24, 2.45) is 0 Å². The second kappa shape index (κ2) is 8.77. The number of carbonyl (C=O) groups is 3. The zero-order valence-electron chi connectivity index (χ0n) is 18.7. The summed E-state index contributed by atoms with van der Waals surface area (Å²) in [5.41, 5.74) is 1.96. The molecule has 2 heterocycles. The largest absolute Gasteiger partial charge is 0.325 e. The van der Waals surface area contributed by atoms with E-state index in [0.29, 0.717) is 32.4 Å². The van der Waals surface area contributed by atoms with Crippen LogP contribution in [0, 0.1) is 6.92 Å². The number of fused-ring (bicyclic) bond motifs is 2. The maximum Gasteiger partial charge on any atom is 0.320 e. The van der Waals surface area contributed by atoms with Crippen LogP contribution in [0.1, 0.15) is 40.6 Å². The van der Waals surface area contributed by atoms with Crippen LogP contribution in [-0.2, 0) is 19.8 Å². The number of hydrogen-bond donors (Lipinski definition) is 1. The number of aryl methyl sites for hydroxylation is 1. The minimum Gasteiger partial charge on any atom is -0.325 e. The molecule has 5 rings (SSSR count). The number of likely N-dealkylation sites (tertiary alicyclic amines) is 1. The number of amides is 2. The molecule has 178 valence electrons. The summed E-state index contributed by atoms with van der Waals surface area (Å²) in [5.74, 6) is -1.40. The van der Waals surface area contributed by atoms with E-state index in [1.165, 1.54) is 4.90 Å². The van der Waals surface area contributed by atoms with E-state index in [1.807, 2.05) is 31.2 Å². The number of carbonyl (C=O) groups excluding carboxylic acids is 3. The first-order chi connectivity index (χ1) is 16.7. The van der Waals surface area contributed by atoms with Gasteiger partial charge in [-0.05, 0) is 53.4 Å². The van der Waals surface area contributed by atoms with Crippen LogP contribution in [0.25, 0.3) is 0 Å². The summed E-state index contributed by atoms with van der Waals surface area (Å²) in [7, 11) is 0. The Morgan fingerprint density at radius 3 is 2.51 bits per heavy atom. The Balaban J connectivity index is 1.87. The molecule has 8 heteroatoms. The number of hydrogen-bond acceptors (Lipinski definition) is 3. The number of nitrogens with zero attached hydrogens (tertiary/aromatic N) is 1. The minimum atomic E-state index is -1.65. The van der Waals surface area contributed by atoms with Crippen molar-refractivity contribution in [1.82, 2.24) is 4.90 Å². The number of benzene rings is 3. The number of halogens is 3. The zero-order valence-corrected chi connectivity index (χ0v) is 20.2. The molecule has 35 heavy (non-hydrogen) atoms. The number of anilines is 1. The lowest BCUT2D eigenvalue weighted by molar-refractivity contribution is -0.151. The average molecular weight is 511 g/mol. The van der Waals surface area contributed by atoms with Crippen LogP contribution in [0.4, 0.5) is 10.1 Å². The summed E-state index contributed by atoms with van der Waals surface area (Å²) in [4.78, 5) is 40.5. The lowest BCUT2D eigenvalue weighted by atomic mass is 9.58. The number of rotatable bonds is 4. The van der Waals surface area contributed by atoms with E-state index in [1.54, 1.807) is 42.5 Å². The molecule has 2 aliphatic heterocycles. The second-order valence-electron chi connectivity index (χ2n) is 8.96. The van der Waals surface area contributed by atoms with Crippen LogP contribution in [0.2, 0.25) is 10.0 Å². The van der Waals surface area contributed by atoms with Gasteiger partial charge in [-0.25, -0.2) is 0 Å². The predicted molar refractivity (Wildman–Crippen MR) is 132 cm³/mol. The van der Waals surface area contributed by atoms with Gasteiger partial charge in [0, 0.05) is 28.1 Å². The van der Waals surface area contributed by atoms with Gasteiger partial charge in [0.15, 0.2) is 0 Å². The van der Waals surface area contributed by atoms with Gasteiger partial charge in [-0.2, -0.15) is 4.39 Å². The fourth-order valence-electron chi connectivity index (χ4n) is 5.70. The lowest BCUT2D eigenvalue weighted by Gasteiger charge is -2.51. The highest BCUT2D eigenvalue weighted by Crippen LogP contribution is 2.60. The third kappa shape index (κ3) is 3.72. The van der Waals surface area contributed by atoms with Crippen molar-refractivity contribution in [3.63, 3.8) is 0 Å². The molecular formula is C27H21Cl2FN2O3. The summed E-state index contributed by atoms with van der Waals surface area (Å²) in [6, 6.07) is 16.9. The van der Waals surface area contributed by atoms with Gasteiger partial charge in [0.1, 0.15) is 12.0 Å². The summed E-state index contributed by atoms with van der Waals surface area (Å²) < 4.78 is 13.9. The zero-order chi connectivity index (χ0) is 24.9. The van der Waals surface area contributed by atoms with E-state index < -0.39 is 35.9 Å². The topological polar surface area (TPSA) is 66.5 Å². The highest BCUT2D eigenvalue weighted by atomic mass is 35.5. The highest BCUT2D eigenvalue weighted by Gasteiger charge is 2.63. The van der Waals surface area contributed by atoms with Gasteiger partial charge in [-0.15, -0.1) is 0 Å². The molecule has 0 bridgehead atoms. The summed E-state index contributed by atoms with van der Waals surface area (Å²) >= 11 is 12.6. The number of piperidine rings is 1. The Bertz CT molecular complexity index is 1380. The Labute approximate surface area is 211 Å². The molecular weight excluding hydrogens is 490 g/mol. The fraction of sp³-hybridized carbons (Fsp3) is 0.222. The summed E-state index contributed by atoms with van der Waals surface area (Å²) in [6.45, 7) is 1.11. The Hall–Kier alpha value is -3.22. The Morgan fingerprint density at radius 2 is 1.80 bits per heavy atom. The molecule has 1 fully saturated rings. The molecule has 1 spiro atoms. The third-order valence-corrected chi connectivity index (χ3v) is 7.54. The standard InChI is InChI=1S/C27H21Cl2FN2O3/c1-15-5-2-3-8-19(15)25-27(20-10-9-18(29)12-22(20)31-26(27)35)21(16-6-4-7-17(28)11-16)13-24(34)32(25)14-23(30)33/h2-12,21,25H,13-14H2,1H3,(H,31,35)/t21-,25+,27-/m0/s1. The van der Waals surface area contributed by atoms with Gasteiger partial charge >= 0.3 is 6.04 Å². The molecule has 0 radical (unpaired) electrons. The van der Waals surface area contributed by atoms with E-state index in [0.717, 1.165) is 5.56 Å². The van der Waals surface area contributed by atoms with Crippen molar-refractivity contribution in [3.8, 4) is 0 Å². The van der Waals surface area contributed by atoms with Crippen LogP contribution < -0.4 is 5.32 Å².